The van der Waals surface area contributed by atoms with Gasteiger partial charge in [-0.2, -0.15) is 26.3 Å². The summed E-state index contributed by atoms with van der Waals surface area (Å²) in [5.41, 5.74) is 6.51. The average Bonchev–Trinajstić information content (AvgIpc) is 3.47. The normalized spacial score (nSPS) is 17.4. The van der Waals surface area contributed by atoms with E-state index in [9.17, 15) is 9.18 Å². The maximum Gasteiger partial charge on any atom is 0.418 e. The van der Waals surface area contributed by atoms with E-state index in [1.165, 1.54) is 36.4 Å². The van der Waals surface area contributed by atoms with Crippen LogP contribution in [0.5, 0.6) is 0 Å². The minimum absolute atomic E-state index is 0.0201. The lowest BCUT2D eigenvalue weighted by Crippen LogP contribution is -2.58. The maximum atomic E-state index is 15.7. The Morgan fingerprint density at radius 2 is 1.64 bits per heavy atom. The number of halogens is 9. The van der Waals surface area contributed by atoms with Crippen molar-refractivity contribution < 1.29 is 35.5 Å². The number of anilines is 1. The number of para-hydroxylation sites is 2. The van der Waals surface area contributed by atoms with Gasteiger partial charge in [-0.25, -0.2) is 9.37 Å². The number of piperidine rings is 1. The first-order chi connectivity index (χ1) is 24.9. The van der Waals surface area contributed by atoms with E-state index in [-0.39, 0.29) is 48.2 Å². The summed E-state index contributed by atoms with van der Waals surface area (Å²) in [6.07, 6.45) is -10.6. The lowest BCUT2D eigenvalue weighted by atomic mass is 9.82. The molecule has 0 spiro atoms. The molecule has 4 aromatic carbocycles. The molecule has 1 aliphatic rings. The second-order valence-corrected chi connectivity index (χ2v) is 14.0. The Labute approximate surface area is 310 Å². The van der Waals surface area contributed by atoms with E-state index < -0.39 is 70.0 Å². The fraction of sp³-hybridized carbons (Fsp3) is 0.316. The molecule has 2 atom stereocenters. The maximum absolute atomic E-state index is 15.7. The van der Waals surface area contributed by atoms with Crippen LogP contribution in [0.4, 0.5) is 36.4 Å². The summed E-state index contributed by atoms with van der Waals surface area (Å²) in [5, 5.41) is 0.331. The first-order valence-corrected chi connectivity index (χ1v) is 17.5. The second-order valence-electron chi connectivity index (χ2n) is 13.2. The van der Waals surface area contributed by atoms with Gasteiger partial charge >= 0.3 is 12.4 Å². The third-order valence-corrected chi connectivity index (χ3v) is 10.6. The monoisotopic (exact) mass is 779 g/mol. The van der Waals surface area contributed by atoms with E-state index >= 15 is 26.3 Å². The molecule has 2 heterocycles. The number of carbonyl (C=O) groups is 1. The third-order valence-electron chi connectivity index (χ3n) is 9.86. The largest absolute Gasteiger partial charge is 0.418 e. The topological polar surface area (TPSA) is 90.2 Å². The molecule has 280 valence electrons. The van der Waals surface area contributed by atoms with Gasteiger partial charge in [-0.1, -0.05) is 60.5 Å². The molecule has 4 N–H and O–H groups in total. The number of alkyl halides is 6. The standard InChI is InChI=1S/C38H34Cl2F7N5O/c1-2-22(23-11-14-28(39)29(40)18-23)17-25-26(34(48)53)19-27(37(42,43)44)33(32(25)38(45,46)47)52-16-6-5-15-36(52,49)35-50-30-7-3-4-8-31(30)51(35)20-21-9-12-24(41)13-10-21/h3-4,7-14,18-19,22H,2,5-6,15-17,20,49H2,1H3,(H2,48,53). The van der Waals surface area contributed by atoms with Gasteiger partial charge in [-0.05, 0) is 97.2 Å². The first-order valence-electron chi connectivity index (χ1n) is 16.8. The molecule has 1 saturated heterocycles. The van der Waals surface area contributed by atoms with Crippen molar-refractivity contribution in [3.63, 3.8) is 0 Å². The summed E-state index contributed by atoms with van der Waals surface area (Å²) in [6.45, 7) is 1.42. The Kier molecular flexibility index (Phi) is 10.5. The highest BCUT2D eigenvalue weighted by molar-refractivity contribution is 6.42. The molecular weight excluding hydrogens is 746 g/mol. The summed E-state index contributed by atoms with van der Waals surface area (Å²) in [7, 11) is 0. The predicted octanol–water partition coefficient (Wildman–Crippen LogP) is 10.2. The van der Waals surface area contributed by atoms with Crippen molar-refractivity contribution in [2.24, 2.45) is 11.5 Å². The highest BCUT2D eigenvalue weighted by Gasteiger charge is 2.51. The molecule has 5 aromatic rings. The number of nitrogens with two attached hydrogens (primary N) is 2. The molecule has 0 aliphatic carbocycles. The quantitative estimate of drug-likeness (QED) is 0.146. The Hall–Kier alpha value is -4.33. The molecule has 0 radical (unpaired) electrons. The number of primary amides is 1. The van der Waals surface area contributed by atoms with Crippen molar-refractivity contribution in [1.82, 2.24) is 9.55 Å². The number of carbonyl (C=O) groups excluding carboxylic acids is 1. The summed E-state index contributed by atoms with van der Waals surface area (Å²) in [4.78, 5) is 18.5. The summed E-state index contributed by atoms with van der Waals surface area (Å²) < 4.78 is 108. The zero-order chi connectivity index (χ0) is 38.5. The predicted molar refractivity (Wildman–Crippen MR) is 190 cm³/mol. The van der Waals surface area contributed by atoms with Crippen LogP contribution >= 0.6 is 23.2 Å². The summed E-state index contributed by atoms with van der Waals surface area (Å²) in [5.74, 6) is -2.66. The molecule has 2 unspecified atom stereocenters. The number of rotatable bonds is 9. The van der Waals surface area contributed by atoms with Gasteiger partial charge in [0.05, 0.1) is 37.9 Å². The molecule has 1 aromatic heterocycles. The van der Waals surface area contributed by atoms with Gasteiger partial charge in [0.2, 0.25) is 5.91 Å². The molecule has 1 aliphatic heterocycles. The van der Waals surface area contributed by atoms with Crippen LogP contribution in [0.25, 0.3) is 11.0 Å². The number of hydrogen-bond donors (Lipinski definition) is 2. The van der Waals surface area contributed by atoms with Crippen LogP contribution in [0.15, 0.2) is 72.8 Å². The minimum Gasteiger partial charge on any atom is -0.366 e. The van der Waals surface area contributed by atoms with Crippen molar-refractivity contribution in [2.45, 2.75) is 69.5 Å². The fourth-order valence-corrected chi connectivity index (χ4v) is 7.64. The number of fused-ring (bicyclic) bond motifs is 1. The highest BCUT2D eigenvalue weighted by Crippen LogP contribution is 2.52. The van der Waals surface area contributed by atoms with Gasteiger partial charge in [-0.3, -0.25) is 4.79 Å². The SMILES string of the molecule is CCC(Cc1c(C(N)=O)cc(C(F)(F)F)c(N2CCCCC2(N)c2nc3ccccc3n2Cc2ccc(F)cc2)c1C(F)(F)F)c1ccc(Cl)c(Cl)c1. The lowest BCUT2D eigenvalue weighted by molar-refractivity contribution is -0.142. The van der Waals surface area contributed by atoms with Crippen LogP contribution in [0.2, 0.25) is 10.0 Å². The molecule has 53 heavy (non-hydrogen) atoms. The molecule has 15 heteroatoms. The molecular formula is C38H34Cl2F7N5O. The Morgan fingerprint density at radius 1 is 0.943 bits per heavy atom. The molecule has 0 saturated carbocycles. The van der Waals surface area contributed by atoms with Crippen molar-refractivity contribution in [3.05, 3.63) is 128 Å². The zero-order valence-corrected chi connectivity index (χ0v) is 29.8. The van der Waals surface area contributed by atoms with Crippen LogP contribution in [-0.4, -0.2) is 22.0 Å². The van der Waals surface area contributed by atoms with Crippen LogP contribution in [-0.2, 0) is 31.0 Å². The fourth-order valence-electron chi connectivity index (χ4n) is 7.34. The summed E-state index contributed by atoms with van der Waals surface area (Å²) >= 11 is 12.3. The van der Waals surface area contributed by atoms with Crippen LogP contribution in [0, 0.1) is 5.82 Å². The number of benzene rings is 4. The van der Waals surface area contributed by atoms with E-state index in [2.05, 4.69) is 0 Å². The van der Waals surface area contributed by atoms with Gasteiger partial charge in [0, 0.05) is 18.7 Å². The minimum atomic E-state index is -5.42. The van der Waals surface area contributed by atoms with Crippen LogP contribution < -0.4 is 16.4 Å². The first kappa shape index (κ1) is 38.4. The van der Waals surface area contributed by atoms with Gasteiger partial charge in [0.15, 0.2) is 5.82 Å². The van der Waals surface area contributed by atoms with Crippen molar-refractivity contribution in [1.29, 1.82) is 0 Å². The molecule has 1 fully saturated rings. The zero-order valence-electron chi connectivity index (χ0n) is 28.3. The van der Waals surface area contributed by atoms with E-state index in [1.807, 2.05) is 0 Å². The smallest absolute Gasteiger partial charge is 0.366 e. The molecule has 1 amide bonds. The highest BCUT2D eigenvalue weighted by atomic mass is 35.5. The van der Waals surface area contributed by atoms with Gasteiger partial charge < -0.3 is 20.9 Å². The van der Waals surface area contributed by atoms with Crippen molar-refractivity contribution in [2.75, 3.05) is 11.4 Å². The number of imidazole rings is 1. The Bertz CT molecular complexity index is 2170. The Morgan fingerprint density at radius 3 is 2.26 bits per heavy atom. The van der Waals surface area contributed by atoms with Crippen molar-refractivity contribution >= 4 is 45.8 Å². The number of aromatic nitrogens is 2. The van der Waals surface area contributed by atoms with Crippen LogP contribution in [0.1, 0.15) is 82.5 Å². The molecule has 6 nitrogen and oxygen atoms in total. The van der Waals surface area contributed by atoms with E-state index in [0.29, 0.717) is 34.6 Å². The average molecular weight is 781 g/mol. The number of nitrogens with zero attached hydrogens (tertiary/aromatic N) is 3. The second kappa shape index (κ2) is 14.5. The molecule has 0 bridgehead atoms. The van der Waals surface area contributed by atoms with Crippen LogP contribution in [0.3, 0.4) is 0 Å². The van der Waals surface area contributed by atoms with E-state index in [1.54, 1.807) is 41.8 Å². The Balaban J connectivity index is 1.64. The number of hydrogen-bond acceptors (Lipinski definition) is 4. The third kappa shape index (κ3) is 7.43. The van der Waals surface area contributed by atoms with Gasteiger partial charge in [0.1, 0.15) is 11.5 Å². The molecule has 6 rings (SSSR count). The summed E-state index contributed by atoms with van der Waals surface area (Å²) in [6, 6.07) is 17.2. The van der Waals surface area contributed by atoms with Gasteiger partial charge in [-0.15, -0.1) is 0 Å². The van der Waals surface area contributed by atoms with Crippen molar-refractivity contribution in [3.8, 4) is 0 Å². The van der Waals surface area contributed by atoms with Gasteiger partial charge in [0.25, 0.3) is 0 Å². The number of amides is 1. The van der Waals surface area contributed by atoms with E-state index in [4.69, 9.17) is 39.7 Å². The van der Waals surface area contributed by atoms with E-state index in [0.717, 1.165) is 4.90 Å². The lowest BCUT2D eigenvalue weighted by Gasteiger charge is -2.47.